The van der Waals surface area contributed by atoms with Crippen LogP contribution in [-0.2, 0) is 10.0 Å². The van der Waals surface area contributed by atoms with Crippen LogP contribution in [0.4, 0.5) is 5.82 Å². The summed E-state index contributed by atoms with van der Waals surface area (Å²) < 4.78 is 25.3. The van der Waals surface area contributed by atoms with E-state index in [9.17, 15) is 8.42 Å². The van der Waals surface area contributed by atoms with Crippen molar-refractivity contribution in [1.29, 1.82) is 0 Å². The van der Waals surface area contributed by atoms with Crippen molar-refractivity contribution in [2.24, 2.45) is 5.41 Å². The number of nitrogens with one attached hydrogen (secondary N) is 2. The first kappa shape index (κ1) is 14.9. The van der Waals surface area contributed by atoms with Crippen molar-refractivity contribution in [2.75, 3.05) is 18.9 Å². The lowest BCUT2D eigenvalue weighted by Crippen LogP contribution is -2.22. The molecule has 0 fully saturated rings. The van der Waals surface area contributed by atoms with Crippen molar-refractivity contribution in [3.05, 3.63) is 18.3 Å². The predicted octanol–water partition coefficient (Wildman–Crippen LogP) is 1.84. The number of aromatic nitrogens is 1. The van der Waals surface area contributed by atoms with E-state index in [0.717, 1.165) is 13.0 Å². The molecule has 0 bridgehead atoms. The fraction of sp³-hybridized carbons (Fsp3) is 0.583. The molecule has 2 N–H and O–H groups in total. The summed E-state index contributed by atoms with van der Waals surface area (Å²) in [5.74, 6) is 0.687. The maximum atomic E-state index is 11.5. The van der Waals surface area contributed by atoms with E-state index in [-0.39, 0.29) is 10.3 Å². The Bertz CT molecular complexity index is 481. The van der Waals surface area contributed by atoms with Crippen LogP contribution in [0.5, 0.6) is 0 Å². The highest BCUT2D eigenvalue weighted by molar-refractivity contribution is 7.89. The fourth-order valence-corrected chi connectivity index (χ4v) is 1.89. The molecule has 0 aromatic carbocycles. The van der Waals surface area contributed by atoms with E-state index < -0.39 is 10.0 Å². The van der Waals surface area contributed by atoms with Crippen LogP contribution < -0.4 is 10.0 Å². The fourth-order valence-electron chi connectivity index (χ4n) is 1.22. The zero-order chi connectivity index (χ0) is 13.8. The molecule has 0 radical (unpaired) electrons. The summed E-state index contributed by atoms with van der Waals surface area (Å²) >= 11 is 0. The number of hydrogen-bond acceptors (Lipinski definition) is 4. The zero-order valence-electron chi connectivity index (χ0n) is 11.3. The van der Waals surface area contributed by atoms with E-state index in [2.05, 4.69) is 35.8 Å². The molecular weight excluding hydrogens is 250 g/mol. The van der Waals surface area contributed by atoms with Gasteiger partial charge in [-0.05, 0) is 31.0 Å². The Balaban J connectivity index is 2.73. The van der Waals surface area contributed by atoms with Gasteiger partial charge in [-0.2, -0.15) is 0 Å². The normalized spacial score (nSPS) is 12.4. The van der Waals surface area contributed by atoms with E-state index in [4.69, 9.17) is 0 Å². The van der Waals surface area contributed by atoms with Crippen LogP contribution in [-0.4, -0.2) is 27.0 Å². The lowest BCUT2D eigenvalue weighted by molar-refractivity contribution is 0.376. The monoisotopic (exact) mass is 271 g/mol. The number of sulfonamides is 1. The molecule has 0 aliphatic rings. The van der Waals surface area contributed by atoms with Gasteiger partial charge in [-0.15, -0.1) is 0 Å². The van der Waals surface area contributed by atoms with E-state index >= 15 is 0 Å². The predicted molar refractivity (Wildman–Crippen MR) is 73.0 cm³/mol. The molecule has 1 aromatic rings. The third-order valence-electron chi connectivity index (χ3n) is 3.02. The number of nitrogens with zero attached hydrogens (tertiary/aromatic N) is 1. The van der Waals surface area contributed by atoms with Gasteiger partial charge >= 0.3 is 0 Å². The third-order valence-corrected chi connectivity index (χ3v) is 4.42. The minimum atomic E-state index is -3.40. The Morgan fingerprint density at radius 3 is 2.44 bits per heavy atom. The van der Waals surface area contributed by atoms with E-state index in [1.807, 2.05) is 0 Å². The van der Waals surface area contributed by atoms with Crippen LogP contribution in [0.15, 0.2) is 23.2 Å². The van der Waals surface area contributed by atoms with E-state index in [1.165, 1.54) is 13.2 Å². The smallest absolute Gasteiger partial charge is 0.241 e. The molecule has 0 atom stereocenters. The number of hydrogen-bond donors (Lipinski definition) is 2. The summed E-state index contributed by atoms with van der Waals surface area (Å²) in [6.45, 7) is 7.27. The average Bonchev–Trinajstić information content (AvgIpc) is 2.37. The Hall–Kier alpha value is -1.14. The first-order valence-corrected chi connectivity index (χ1v) is 7.42. The molecule has 102 valence electrons. The van der Waals surface area contributed by atoms with Gasteiger partial charge in [0.15, 0.2) is 0 Å². The van der Waals surface area contributed by atoms with Crippen LogP contribution in [0.3, 0.4) is 0 Å². The van der Waals surface area contributed by atoms with Crippen molar-refractivity contribution in [1.82, 2.24) is 9.71 Å². The minimum Gasteiger partial charge on any atom is -0.370 e. The minimum absolute atomic E-state index is 0.172. The van der Waals surface area contributed by atoms with Crippen LogP contribution in [0.25, 0.3) is 0 Å². The summed E-state index contributed by atoms with van der Waals surface area (Å²) in [6.07, 6.45) is 2.42. The highest BCUT2D eigenvalue weighted by atomic mass is 32.2. The maximum Gasteiger partial charge on any atom is 0.241 e. The van der Waals surface area contributed by atoms with Crippen molar-refractivity contribution >= 4 is 15.8 Å². The molecule has 0 unspecified atom stereocenters. The van der Waals surface area contributed by atoms with Crippen molar-refractivity contribution in [3.8, 4) is 0 Å². The Labute approximate surface area is 109 Å². The van der Waals surface area contributed by atoms with Gasteiger partial charge in [-0.25, -0.2) is 18.1 Å². The maximum absolute atomic E-state index is 11.5. The number of anilines is 1. The number of rotatable bonds is 6. The van der Waals surface area contributed by atoms with Gasteiger partial charge in [-0.1, -0.05) is 20.8 Å². The van der Waals surface area contributed by atoms with Crippen LogP contribution >= 0.6 is 0 Å². The third kappa shape index (κ3) is 3.96. The first-order chi connectivity index (χ1) is 8.30. The standard InChI is InChI=1S/C12H21N3O2S/c1-5-12(2,3)9-15-11-7-6-10(8-14-11)18(16,17)13-4/h6-8,13H,5,9H2,1-4H3,(H,14,15). The highest BCUT2D eigenvalue weighted by Gasteiger charge is 2.15. The molecule has 1 aromatic heterocycles. The van der Waals surface area contributed by atoms with Gasteiger partial charge in [0.05, 0.1) is 0 Å². The lowest BCUT2D eigenvalue weighted by Gasteiger charge is -2.23. The molecule has 18 heavy (non-hydrogen) atoms. The summed E-state index contributed by atoms with van der Waals surface area (Å²) in [4.78, 5) is 4.27. The average molecular weight is 271 g/mol. The van der Waals surface area contributed by atoms with Crippen LogP contribution in [0, 0.1) is 5.41 Å². The van der Waals surface area contributed by atoms with Gasteiger partial charge in [-0.3, -0.25) is 0 Å². The molecule has 0 saturated carbocycles. The van der Waals surface area contributed by atoms with Gasteiger partial charge in [0, 0.05) is 12.7 Å². The molecular formula is C12H21N3O2S. The van der Waals surface area contributed by atoms with Gasteiger partial charge < -0.3 is 5.32 Å². The van der Waals surface area contributed by atoms with Crippen molar-refractivity contribution < 1.29 is 8.42 Å². The quantitative estimate of drug-likeness (QED) is 0.828. The van der Waals surface area contributed by atoms with E-state index in [0.29, 0.717) is 5.82 Å². The highest BCUT2D eigenvalue weighted by Crippen LogP contribution is 2.20. The molecule has 0 amide bonds. The Morgan fingerprint density at radius 1 is 1.33 bits per heavy atom. The molecule has 5 nitrogen and oxygen atoms in total. The van der Waals surface area contributed by atoms with Gasteiger partial charge in [0.1, 0.15) is 10.7 Å². The largest absolute Gasteiger partial charge is 0.370 e. The van der Waals surface area contributed by atoms with Crippen LogP contribution in [0.1, 0.15) is 27.2 Å². The second-order valence-electron chi connectivity index (χ2n) is 4.96. The second kappa shape index (κ2) is 5.67. The number of pyridine rings is 1. The lowest BCUT2D eigenvalue weighted by atomic mass is 9.90. The molecule has 1 heterocycles. The van der Waals surface area contributed by atoms with Gasteiger partial charge in [0.2, 0.25) is 10.0 Å². The summed E-state index contributed by atoms with van der Waals surface area (Å²) in [6, 6.07) is 3.22. The van der Waals surface area contributed by atoms with Gasteiger partial charge in [0.25, 0.3) is 0 Å². The Morgan fingerprint density at radius 2 is 2.00 bits per heavy atom. The van der Waals surface area contributed by atoms with Crippen LogP contribution in [0.2, 0.25) is 0 Å². The first-order valence-electron chi connectivity index (χ1n) is 5.94. The van der Waals surface area contributed by atoms with E-state index in [1.54, 1.807) is 12.1 Å². The second-order valence-corrected chi connectivity index (χ2v) is 6.84. The molecule has 0 aliphatic carbocycles. The SMILES string of the molecule is CCC(C)(C)CNc1ccc(S(=O)(=O)NC)cn1. The summed E-state index contributed by atoms with van der Waals surface area (Å²) in [5.41, 5.74) is 0.192. The topological polar surface area (TPSA) is 71.1 Å². The molecule has 1 rings (SSSR count). The molecule has 0 saturated heterocycles. The zero-order valence-corrected chi connectivity index (χ0v) is 12.1. The molecule has 6 heteroatoms. The molecule has 0 aliphatic heterocycles. The summed E-state index contributed by atoms with van der Waals surface area (Å²) in [7, 11) is -2.02. The molecule has 0 spiro atoms. The summed E-state index contributed by atoms with van der Waals surface area (Å²) in [5, 5.41) is 3.21. The van der Waals surface area contributed by atoms with Crippen molar-refractivity contribution in [3.63, 3.8) is 0 Å². The Kier molecular flexibility index (Phi) is 4.70. The van der Waals surface area contributed by atoms with Crippen molar-refractivity contribution in [2.45, 2.75) is 32.1 Å².